The summed E-state index contributed by atoms with van der Waals surface area (Å²) in [5, 5.41) is 3.73. The minimum Gasteiger partial charge on any atom is -0.467 e. The van der Waals surface area contributed by atoms with E-state index in [2.05, 4.69) is 10.3 Å². The molecule has 0 radical (unpaired) electrons. The Balaban J connectivity index is 1.64. The predicted octanol–water partition coefficient (Wildman–Crippen LogP) is 4.05. The number of nitrogens with one attached hydrogen (secondary N) is 1. The van der Waals surface area contributed by atoms with E-state index in [1.54, 1.807) is 24.5 Å². The van der Waals surface area contributed by atoms with Crippen LogP contribution in [0.2, 0.25) is 5.02 Å². The molecule has 1 aliphatic rings. The molecule has 0 fully saturated rings. The fourth-order valence-corrected chi connectivity index (χ4v) is 3.22. The highest BCUT2D eigenvalue weighted by Gasteiger charge is 2.30. The normalized spacial score (nSPS) is 16.7. The number of benzene rings is 2. The summed E-state index contributed by atoms with van der Waals surface area (Å²) >= 11 is 6.01. The highest BCUT2D eigenvalue weighted by atomic mass is 35.5. The van der Waals surface area contributed by atoms with Gasteiger partial charge in [-0.2, -0.15) is 0 Å². The number of aromatic nitrogens is 1. The first kappa shape index (κ1) is 17.5. The van der Waals surface area contributed by atoms with E-state index >= 15 is 0 Å². The Bertz CT molecular complexity index is 932. The van der Waals surface area contributed by atoms with E-state index in [1.807, 2.05) is 48.5 Å². The monoisotopic (exact) mass is 380 g/mol. The zero-order chi connectivity index (χ0) is 18.6. The van der Waals surface area contributed by atoms with E-state index in [1.165, 1.54) is 0 Å². The lowest BCUT2D eigenvalue weighted by atomic mass is 9.98. The van der Waals surface area contributed by atoms with Crippen molar-refractivity contribution < 1.29 is 14.3 Å². The molecular formula is C21H17ClN2O3. The predicted molar refractivity (Wildman–Crippen MR) is 101 cm³/mol. The average Bonchev–Trinajstić information content (AvgIpc) is 2.73. The molecule has 3 aromatic rings. The molecule has 6 heteroatoms. The molecule has 5 nitrogen and oxygen atoms in total. The number of nitrogens with zero attached hydrogens (tertiary/aromatic N) is 1. The van der Waals surface area contributed by atoms with Crippen molar-refractivity contribution in [3.63, 3.8) is 0 Å². The second kappa shape index (κ2) is 7.78. The Labute approximate surface area is 161 Å². The van der Waals surface area contributed by atoms with Crippen molar-refractivity contribution in [2.24, 2.45) is 0 Å². The van der Waals surface area contributed by atoms with E-state index in [0.717, 1.165) is 11.1 Å². The zero-order valence-electron chi connectivity index (χ0n) is 14.3. The summed E-state index contributed by atoms with van der Waals surface area (Å²) in [7, 11) is 0. The second-order valence-electron chi connectivity index (χ2n) is 6.12. The Morgan fingerprint density at radius 1 is 1.04 bits per heavy atom. The summed E-state index contributed by atoms with van der Waals surface area (Å²) in [6.07, 6.45) is 2.67. The molecule has 0 aliphatic carbocycles. The molecule has 1 amide bonds. The summed E-state index contributed by atoms with van der Waals surface area (Å²) in [4.78, 5) is 17.1. The van der Waals surface area contributed by atoms with Crippen LogP contribution in [0, 0.1) is 0 Å². The fraction of sp³-hybridized carbons (Fsp3) is 0.143. The molecule has 0 unspecified atom stereocenters. The number of carbonyl (C=O) groups excluding carboxylic acids is 1. The minimum absolute atomic E-state index is 0.0377. The molecule has 0 spiro atoms. The van der Waals surface area contributed by atoms with Gasteiger partial charge in [-0.25, -0.2) is 0 Å². The average molecular weight is 381 g/mol. The zero-order valence-corrected chi connectivity index (χ0v) is 15.1. The Morgan fingerprint density at radius 3 is 2.52 bits per heavy atom. The lowest BCUT2D eigenvalue weighted by Crippen LogP contribution is -2.36. The number of halogens is 1. The van der Waals surface area contributed by atoms with Crippen LogP contribution >= 0.6 is 11.6 Å². The first-order valence-electron chi connectivity index (χ1n) is 8.51. The smallest absolute Gasteiger partial charge is 0.254 e. The summed E-state index contributed by atoms with van der Waals surface area (Å²) in [6, 6.07) is 18.2. The van der Waals surface area contributed by atoms with Crippen LogP contribution in [0.4, 0.5) is 0 Å². The number of ether oxygens (including phenoxy) is 2. The van der Waals surface area contributed by atoms with Gasteiger partial charge >= 0.3 is 0 Å². The molecular weight excluding hydrogens is 364 g/mol. The van der Waals surface area contributed by atoms with Gasteiger partial charge in [-0.1, -0.05) is 41.9 Å². The number of hydrogen-bond donors (Lipinski definition) is 1. The topological polar surface area (TPSA) is 60.5 Å². The van der Waals surface area contributed by atoms with Crippen LogP contribution in [0.1, 0.15) is 28.8 Å². The van der Waals surface area contributed by atoms with E-state index < -0.39 is 6.10 Å². The van der Waals surface area contributed by atoms with Crippen molar-refractivity contribution in [2.45, 2.75) is 12.1 Å². The van der Waals surface area contributed by atoms with Gasteiger partial charge in [-0.05, 0) is 41.5 Å². The lowest BCUT2D eigenvalue weighted by molar-refractivity contribution is -0.142. The summed E-state index contributed by atoms with van der Waals surface area (Å²) in [5.74, 6) is 0.429. The maximum Gasteiger partial charge on any atom is 0.254 e. The number of carbonyl (C=O) groups is 1. The summed E-state index contributed by atoms with van der Waals surface area (Å²) < 4.78 is 11.1. The quantitative estimate of drug-likeness (QED) is 0.741. The van der Waals surface area contributed by atoms with Crippen molar-refractivity contribution in [1.82, 2.24) is 10.3 Å². The molecule has 136 valence electrons. The van der Waals surface area contributed by atoms with Crippen LogP contribution in [0.25, 0.3) is 0 Å². The van der Waals surface area contributed by atoms with Gasteiger partial charge in [0.1, 0.15) is 5.75 Å². The van der Waals surface area contributed by atoms with Crippen LogP contribution in [0.5, 0.6) is 5.75 Å². The lowest BCUT2D eigenvalue weighted by Gasteiger charge is -2.28. The van der Waals surface area contributed by atoms with E-state index in [0.29, 0.717) is 16.3 Å². The number of rotatable bonds is 4. The van der Waals surface area contributed by atoms with E-state index in [-0.39, 0.29) is 18.7 Å². The first-order valence-corrected chi connectivity index (χ1v) is 8.89. The Hall–Kier alpha value is -2.89. The number of hydrogen-bond acceptors (Lipinski definition) is 4. The largest absolute Gasteiger partial charge is 0.467 e. The van der Waals surface area contributed by atoms with Gasteiger partial charge in [0, 0.05) is 23.0 Å². The van der Waals surface area contributed by atoms with Gasteiger partial charge in [0.15, 0.2) is 12.9 Å². The maximum atomic E-state index is 13.1. The van der Waals surface area contributed by atoms with Crippen LogP contribution in [0.15, 0.2) is 73.1 Å². The van der Waals surface area contributed by atoms with Crippen molar-refractivity contribution in [1.29, 1.82) is 0 Å². The third kappa shape index (κ3) is 3.79. The first-order chi connectivity index (χ1) is 13.2. The maximum absolute atomic E-state index is 13.1. The third-order valence-corrected chi connectivity index (χ3v) is 4.67. The molecule has 4 rings (SSSR count). The van der Waals surface area contributed by atoms with Gasteiger partial charge < -0.3 is 14.8 Å². The van der Waals surface area contributed by atoms with Gasteiger partial charge in [0.2, 0.25) is 0 Å². The van der Waals surface area contributed by atoms with Crippen LogP contribution in [-0.4, -0.2) is 17.7 Å². The fourth-order valence-electron chi connectivity index (χ4n) is 3.09. The highest BCUT2D eigenvalue weighted by Crippen LogP contribution is 2.33. The summed E-state index contributed by atoms with van der Waals surface area (Å²) in [6.45, 7) is 0.0377. The minimum atomic E-state index is -0.730. The van der Waals surface area contributed by atoms with Crippen molar-refractivity contribution in [2.75, 3.05) is 6.79 Å². The van der Waals surface area contributed by atoms with Crippen molar-refractivity contribution >= 4 is 17.5 Å². The molecule has 0 saturated carbocycles. The van der Waals surface area contributed by atoms with Gasteiger partial charge in [-0.3, -0.25) is 9.78 Å². The molecule has 2 aromatic carbocycles. The SMILES string of the molecule is O=C(N[C@H](c1ccncc1)c1ccc(Cl)cc1)[C@H]1OCOc2ccccc21. The number of amides is 1. The standard InChI is InChI=1S/C21H17ClN2O3/c22-16-7-5-14(6-8-16)19(15-9-11-23-12-10-15)24-21(25)20-17-3-1-2-4-18(17)26-13-27-20/h1-12,19-20H,13H2,(H,24,25)/t19-,20-/m0/s1. The Kier molecular flexibility index (Phi) is 5.05. The van der Waals surface area contributed by atoms with Crippen LogP contribution in [-0.2, 0) is 9.53 Å². The highest BCUT2D eigenvalue weighted by molar-refractivity contribution is 6.30. The van der Waals surface area contributed by atoms with Gasteiger partial charge in [-0.15, -0.1) is 0 Å². The molecule has 2 heterocycles. The van der Waals surface area contributed by atoms with E-state index in [9.17, 15) is 4.79 Å². The Morgan fingerprint density at radius 2 is 1.74 bits per heavy atom. The van der Waals surface area contributed by atoms with Crippen molar-refractivity contribution in [3.05, 3.63) is 94.8 Å². The third-order valence-electron chi connectivity index (χ3n) is 4.42. The molecule has 1 N–H and O–H groups in total. The molecule has 1 aliphatic heterocycles. The molecule has 2 atom stereocenters. The molecule has 0 bridgehead atoms. The van der Waals surface area contributed by atoms with Gasteiger partial charge in [0.05, 0.1) is 6.04 Å². The number of para-hydroxylation sites is 1. The summed E-state index contributed by atoms with van der Waals surface area (Å²) in [5.41, 5.74) is 2.55. The number of pyridine rings is 1. The molecule has 27 heavy (non-hydrogen) atoms. The molecule has 0 saturated heterocycles. The van der Waals surface area contributed by atoms with Gasteiger partial charge in [0.25, 0.3) is 5.91 Å². The van der Waals surface area contributed by atoms with E-state index in [4.69, 9.17) is 21.1 Å². The van der Waals surface area contributed by atoms with Crippen LogP contribution in [0.3, 0.4) is 0 Å². The van der Waals surface area contributed by atoms with Crippen LogP contribution < -0.4 is 10.1 Å². The molecule has 1 aromatic heterocycles. The second-order valence-corrected chi connectivity index (χ2v) is 6.56. The number of fused-ring (bicyclic) bond motifs is 1. The van der Waals surface area contributed by atoms with Crippen molar-refractivity contribution in [3.8, 4) is 5.75 Å².